The van der Waals surface area contributed by atoms with Gasteiger partial charge >= 0.3 is 0 Å². The Labute approximate surface area is 153 Å². The number of primary sulfonamides is 1. The van der Waals surface area contributed by atoms with Crippen LogP contribution in [-0.4, -0.2) is 36.5 Å². The molecule has 0 saturated carbocycles. The van der Waals surface area contributed by atoms with Crippen LogP contribution in [0.3, 0.4) is 0 Å². The first-order valence-electron chi connectivity index (χ1n) is 8.23. The first-order valence-corrected chi connectivity index (χ1v) is 11.3. The molecule has 0 bridgehead atoms. The summed E-state index contributed by atoms with van der Waals surface area (Å²) in [7, 11) is -7.74. The minimum atomic E-state index is -3.95. The fraction of sp³-hybridized carbons (Fsp3) is 0.294. The van der Waals surface area contributed by atoms with Gasteiger partial charge in [-0.1, -0.05) is 24.3 Å². The van der Waals surface area contributed by atoms with Gasteiger partial charge in [0, 0.05) is 25.3 Å². The van der Waals surface area contributed by atoms with Crippen molar-refractivity contribution in [3.8, 4) is 0 Å². The van der Waals surface area contributed by atoms with E-state index in [0.717, 1.165) is 25.6 Å². The number of rotatable bonds is 7. The van der Waals surface area contributed by atoms with Gasteiger partial charge in [-0.15, -0.1) is 0 Å². The highest BCUT2D eigenvalue weighted by Gasteiger charge is 2.19. The van der Waals surface area contributed by atoms with Crippen molar-refractivity contribution >= 4 is 25.7 Å². The molecule has 3 N–H and O–H groups in total. The van der Waals surface area contributed by atoms with Gasteiger partial charge in [-0.25, -0.2) is 26.7 Å². The van der Waals surface area contributed by atoms with Crippen LogP contribution in [0.15, 0.2) is 58.3 Å². The predicted molar refractivity (Wildman–Crippen MR) is 100.0 cm³/mol. The Morgan fingerprint density at radius 1 is 1.00 bits per heavy atom. The fourth-order valence-corrected chi connectivity index (χ4v) is 4.77. The van der Waals surface area contributed by atoms with E-state index in [0.29, 0.717) is 6.42 Å². The minimum absolute atomic E-state index is 0.115. The highest BCUT2D eigenvalue weighted by Crippen LogP contribution is 2.27. The van der Waals surface area contributed by atoms with Gasteiger partial charge in [0.05, 0.1) is 9.79 Å². The van der Waals surface area contributed by atoms with E-state index >= 15 is 0 Å². The zero-order valence-electron chi connectivity index (χ0n) is 14.1. The van der Waals surface area contributed by atoms with Gasteiger partial charge < -0.3 is 4.90 Å². The highest BCUT2D eigenvalue weighted by molar-refractivity contribution is 7.90. The lowest BCUT2D eigenvalue weighted by Crippen LogP contribution is -2.29. The number of benzene rings is 2. The lowest BCUT2D eigenvalue weighted by atomic mass is 10.2. The minimum Gasteiger partial charge on any atom is -0.371 e. The van der Waals surface area contributed by atoms with Gasteiger partial charge in [-0.05, 0) is 42.7 Å². The van der Waals surface area contributed by atoms with Gasteiger partial charge in [0.15, 0.2) is 0 Å². The summed E-state index contributed by atoms with van der Waals surface area (Å²) in [6.45, 7) is 1.94. The molecule has 1 heterocycles. The van der Waals surface area contributed by atoms with E-state index in [1.807, 2.05) is 12.1 Å². The number of para-hydroxylation sites is 1. The maximum atomic E-state index is 12.3. The van der Waals surface area contributed by atoms with E-state index in [1.165, 1.54) is 29.4 Å². The number of nitrogens with one attached hydrogen (secondary N) is 1. The smallest absolute Gasteiger partial charge is 0.240 e. The predicted octanol–water partition coefficient (Wildman–Crippen LogP) is 1.07. The molecule has 26 heavy (non-hydrogen) atoms. The summed E-state index contributed by atoms with van der Waals surface area (Å²) in [6, 6.07) is 13.2. The number of nitrogens with zero attached hydrogens (tertiary/aromatic N) is 1. The van der Waals surface area contributed by atoms with Crippen LogP contribution in [0.4, 0.5) is 5.69 Å². The normalized spacial score (nSPS) is 14.4. The molecule has 0 radical (unpaired) electrons. The summed E-state index contributed by atoms with van der Waals surface area (Å²) in [4.78, 5) is 1.90. The third kappa shape index (κ3) is 4.24. The second kappa shape index (κ2) is 7.36. The summed E-state index contributed by atoms with van der Waals surface area (Å²) in [5.41, 5.74) is 2.52. The molecule has 140 valence electrons. The van der Waals surface area contributed by atoms with Crippen molar-refractivity contribution in [3.05, 3.63) is 54.1 Å². The van der Waals surface area contributed by atoms with Crippen molar-refractivity contribution in [1.82, 2.24) is 4.72 Å². The zero-order chi connectivity index (χ0) is 18.8. The Balaban J connectivity index is 1.58. The zero-order valence-corrected chi connectivity index (χ0v) is 15.8. The van der Waals surface area contributed by atoms with Crippen molar-refractivity contribution in [2.75, 3.05) is 24.5 Å². The SMILES string of the molecule is NS(=O)(=O)c1cccc(S(=O)(=O)NCCCN2CCc3ccccc32)c1. The molecule has 0 atom stereocenters. The molecular formula is C17H21N3O4S2. The second-order valence-corrected chi connectivity index (χ2v) is 9.47. The first-order chi connectivity index (χ1) is 12.3. The largest absolute Gasteiger partial charge is 0.371 e. The molecule has 2 aromatic rings. The molecule has 0 saturated heterocycles. The van der Waals surface area contributed by atoms with Crippen LogP contribution in [0, 0.1) is 0 Å². The number of hydrogen-bond acceptors (Lipinski definition) is 5. The quantitative estimate of drug-likeness (QED) is 0.682. The number of fused-ring (bicyclic) bond motifs is 1. The van der Waals surface area contributed by atoms with Gasteiger partial charge in [-0.2, -0.15) is 0 Å². The average molecular weight is 396 g/mol. The van der Waals surface area contributed by atoms with Gasteiger partial charge in [0.1, 0.15) is 0 Å². The van der Waals surface area contributed by atoms with Crippen LogP contribution in [0.1, 0.15) is 12.0 Å². The van der Waals surface area contributed by atoms with E-state index in [-0.39, 0.29) is 16.3 Å². The molecule has 9 heteroatoms. The molecule has 1 aliphatic heterocycles. The topological polar surface area (TPSA) is 110 Å². The molecule has 0 aromatic heterocycles. The van der Waals surface area contributed by atoms with Gasteiger partial charge in [0.2, 0.25) is 20.0 Å². The lowest BCUT2D eigenvalue weighted by molar-refractivity contribution is 0.578. The first kappa shape index (κ1) is 18.8. The third-order valence-corrected chi connectivity index (χ3v) is 6.69. The Hall–Kier alpha value is -1.94. The fourth-order valence-electron chi connectivity index (χ4n) is 3.02. The summed E-state index contributed by atoms with van der Waals surface area (Å²) < 4.78 is 50.0. The highest BCUT2D eigenvalue weighted by atomic mass is 32.2. The van der Waals surface area contributed by atoms with Crippen LogP contribution in [-0.2, 0) is 26.5 Å². The molecule has 1 aliphatic rings. The molecule has 2 aromatic carbocycles. The Kier molecular flexibility index (Phi) is 5.33. The van der Waals surface area contributed by atoms with Crippen LogP contribution in [0.2, 0.25) is 0 Å². The van der Waals surface area contributed by atoms with Crippen molar-refractivity contribution in [2.45, 2.75) is 22.6 Å². The summed E-state index contributed by atoms with van der Waals surface area (Å²) in [5, 5.41) is 5.05. The standard InChI is InChI=1S/C17H21N3O4S2/c18-25(21,22)15-6-3-7-16(13-15)26(23,24)19-10-4-11-20-12-9-14-5-1-2-8-17(14)20/h1-3,5-8,13,19H,4,9-12H2,(H2,18,21,22). The Bertz CT molecular complexity index is 1000. The molecule has 0 fully saturated rings. The van der Waals surface area contributed by atoms with E-state index in [1.54, 1.807) is 0 Å². The van der Waals surface area contributed by atoms with Gasteiger partial charge in [0.25, 0.3) is 0 Å². The van der Waals surface area contributed by atoms with Crippen LogP contribution < -0.4 is 14.8 Å². The molecule has 7 nitrogen and oxygen atoms in total. The molecule has 0 amide bonds. The number of nitrogens with two attached hydrogens (primary N) is 1. The number of anilines is 1. The van der Waals surface area contributed by atoms with Crippen molar-refractivity contribution in [3.63, 3.8) is 0 Å². The molecule has 0 spiro atoms. The van der Waals surface area contributed by atoms with E-state index < -0.39 is 20.0 Å². The molecule has 3 rings (SSSR count). The lowest BCUT2D eigenvalue weighted by Gasteiger charge is -2.19. The monoisotopic (exact) mass is 395 g/mol. The van der Waals surface area contributed by atoms with E-state index in [2.05, 4.69) is 21.8 Å². The van der Waals surface area contributed by atoms with Crippen LogP contribution in [0.25, 0.3) is 0 Å². The maximum absolute atomic E-state index is 12.3. The van der Waals surface area contributed by atoms with E-state index in [9.17, 15) is 16.8 Å². The summed E-state index contributed by atoms with van der Waals surface area (Å²) in [6.07, 6.45) is 1.64. The number of sulfonamides is 2. The van der Waals surface area contributed by atoms with Crippen molar-refractivity contribution in [1.29, 1.82) is 0 Å². The van der Waals surface area contributed by atoms with Crippen molar-refractivity contribution < 1.29 is 16.8 Å². The van der Waals surface area contributed by atoms with Crippen LogP contribution >= 0.6 is 0 Å². The number of hydrogen-bond donors (Lipinski definition) is 2. The molecule has 0 unspecified atom stereocenters. The molecular weight excluding hydrogens is 374 g/mol. The van der Waals surface area contributed by atoms with E-state index in [4.69, 9.17) is 5.14 Å². The maximum Gasteiger partial charge on any atom is 0.240 e. The Morgan fingerprint density at radius 2 is 1.73 bits per heavy atom. The molecule has 0 aliphatic carbocycles. The summed E-state index contributed by atoms with van der Waals surface area (Å²) >= 11 is 0. The average Bonchev–Trinajstić information content (AvgIpc) is 3.01. The van der Waals surface area contributed by atoms with Crippen molar-refractivity contribution in [2.24, 2.45) is 5.14 Å². The third-order valence-electron chi connectivity index (χ3n) is 4.32. The summed E-state index contributed by atoms with van der Waals surface area (Å²) in [5.74, 6) is 0. The second-order valence-electron chi connectivity index (χ2n) is 6.14. The Morgan fingerprint density at radius 3 is 2.50 bits per heavy atom. The van der Waals surface area contributed by atoms with Gasteiger partial charge in [-0.3, -0.25) is 0 Å². The van der Waals surface area contributed by atoms with Crippen LogP contribution in [0.5, 0.6) is 0 Å².